The number of aromatic nitrogens is 4. The maximum Gasteiger partial charge on any atom is 0.315 e. The number of carbonyl (C=O) groups excluding carboxylic acids is 1. The Morgan fingerprint density at radius 1 is 0.972 bits per heavy atom. The average Bonchev–Trinajstić information content (AvgIpc) is 3.70. The fourth-order valence-electron chi connectivity index (χ4n) is 5.42. The van der Waals surface area contributed by atoms with E-state index in [1.807, 2.05) is 41.1 Å². The summed E-state index contributed by atoms with van der Waals surface area (Å²) in [5.74, 6) is 0.702. The predicted octanol–water partition coefficient (Wildman–Crippen LogP) is 2.14. The third-order valence-corrected chi connectivity index (χ3v) is 7.24. The van der Waals surface area contributed by atoms with Crippen LogP contribution in [0, 0.1) is 0 Å². The van der Waals surface area contributed by atoms with Crippen LogP contribution in [-0.4, -0.2) is 75.7 Å². The number of nitrogens with one attached hydrogen (secondary N) is 2. The van der Waals surface area contributed by atoms with E-state index in [1.54, 1.807) is 0 Å². The van der Waals surface area contributed by atoms with Crippen molar-refractivity contribution in [1.82, 2.24) is 35.7 Å². The number of carbonyl (C=O) groups is 1. The number of ether oxygens (including phenoxy) is 2. The molecular weight excluding hydrogens is 458 g/mol. The quantitative estimate of drug-likeness (QED) is 0.524. The number of likely N-dealkylation sites (tertiary alicyclic amines) is 1. The number of nitrogens with zero attached hydrogens (tertiary/aromatic N) is 5. The molecule has 3 saturated heterocycles. The van der Waals surface area contributed by atoms with Crippen LogP contribution in [0.3, 0.4) is 0 Å². The first-order valence-corrected chi connectivity index (χ1v) is 12.7. The Morgan fingerprint density at radius 3 is 2.64 bits per heavy atom. The molecule has 10 heteroatoms. The highest BCUT2D eigenvalue weighted by molar-refractivity contribution is 5.74. The van der Waals surface area contributed by atoms with E-state index in [1.165, 1.54) is 18.4 Å². The first kappa shape index (κ1) is 23.1. The van der Waals surface area contributed by atoms with Crippen LogP contribution in [0.15, 0.2) is 54.6 Å². The second-order valence-corrected chi connectivity index (χ2v) is 9.71. The Morgan fingerprint density at radius 2 is 1.78 bits per heavy atom. The maximum absolute atomic E-state index is 12.5. The van der Waals surface area contributed by atoms with Crippen LogP contribution in [0.2, 0.25) is 0 Å². The van der Waals surface area contributed by atoms with Crippen molar-refractivity contribution >= 4 is 6.03 Å². The molecule has 6 rings (SSSR count). The summed E-state index contributed by atoms with van der Waals surface area (Å²) in [5, 5.41) is 18.5. The van der Waals surface area contributed by atoms with Crippen LogP contribution >= 0.6 is 0 Å². The number of amides is 2. The summed E-state index contributed by atoms with van der Waals surface area (Å²) in [6, 6.07) is 17.6. The Kier molecular flexibility index (Phi) is 6.63. The average molecular weight is 490 g/mol. The zero-order chi connectivity index (χ0) is 24.3. The van der Waals surface area contributed by atoms with Gasteiger partial charge in [0.1, 0.15) is 18.2 Å². The van der Waals surface area contributed by atoms with E-state index in [9.17, 15) is 4.79 Å². The smallest absolute Gasteiger partial charge is 0.315 e. The highest BCUT2D eigenvalue weighted by Gasteiger charge is 2.50. The molecule has 0 aliphatic carbocycles. The minimum atomic E-state index is -0.254. The van der Waals surface area contributed by atoms with Gasteiger partial charge in [-0.15, -0.1) is 5.10 Å². The van der Waals surface area contributed by atoms with Crippen molar-refractivity contribution in [2.24, 2.45) is 0 Å². The van der Waals surface area contributed by atoms with Crippen LogP contribution in [-0.2, 0) is 22.6 Å². The van der Waals surface area contributed by atoms with E-state index in [2.05, 4.69) is 49.3 Å². The van der Waals surface area contributed by atoms with Gasteiger partial charge in [-0.3, -0.25) is 4.90 Å². The van der Waals surface area contributed by atoms with Gasteiger partial charge in [-0.2, -0.15) is 0 Å². The molecule has 0 saturated carbocycles. The Balaban J connectivity index is 1.10. The normalized spacial score (nSPS) is 25.7. The predicted molar refractivity (Wildman–Crippen MR) is 132 cm³/mol. The molecule has 3 fully saturated rings. The Bertz CT molecular complexity index is 1180. The minimum absolute atomic E-state index is 0.165. The van der Waals surface area contributed by atoms with Crippen LogP contribution in [0.25, 0.3) is 11.4 Å². The number of rotatable bonds is 7. The maximum atomic E-state index is 12.5. The van der Waals surface area contributed by atoms with Crippen molar-refractivity contribution in [1.29, 1.82) is 0 Å². The number of hydrogen-bond acceptors (Lipinski definition) is 7. The molecule has 36 heavy (non-hydrogen) atoms. The molecule has 2 N–H and O–H groups in total. The van der Waals surface area contributed by atoms with Gasteiger partial charge in [-0.25, -0.2) is 9.48 Å². The van der Waals surface area contributed by atoms with Crippen molar-refractivity contribution in [3.05, 3.63) is 65.7 Å². The first-order chi connectivity index (χ1) is 17.7. The van der Waals surface area contributed by atoms with Gasteiger partial charge in [0.15, 0.2) is 5.82 Å². The van der Waals surface area contributed by atoms with Crippen molar-refractivity contribution < 1.29 is 14.3 Å². The van der Waals surface area contributed by atoms with Gasteiger partial charge in [0, 0.05) is 18.7 Å². The molecule has 2 amide bonds. The lowest BCUT2D eigenvalue weighted by Gasteiger charge is -2.19. The van der Waals surface area contributed by atoms with Crippen molar-refractivity contribution in [2.75, 3.05) is 26.3 Å². The molecule has 0 bridgehead atoms. The van der Waals surface area contributed by atoms with Crippen molar-refractivity contribution in [3.63, 3.8) is 0 Å². The Hall–Kier alpha value is -3.34. The number of tetrazole rings is 1. The largest absolute Gasteiger partial charge is 0.371 e. The van der Waals surface area contributed by atoms with Crippen molar-refractivity contribution in [2.45, 2.75) is 50.2 Å². The summed E-state index contributed by atoms with van der Waals surface area (Å²) in [7, 11) is 0. The van der Waals surface area contributed by atoms with Gasteiger partial charge in [0.25, 0.3) is 0 Å². The summed E-state index contributed by atoms with van der Waals surface area (Å²) < 4.78 is 14.0. The van der Waals surface area contributed by atoms with E-state index in [-0.39, 0.29) is 30.3 Å². The standard InChI is InChI=1S/C26H31N7O3/c34-26(27-14-18-7-2-1-3-8-18)28-21-16-35-24-22(17-36-23(21)24)33-25(29-30-31-33)20-10-6-9-19(13-20)15-32-11-4-5-12-32/h1-3,6-10,13,21-24H,4-5,11-12,14-17H2,(H2,27,28,34)/t21-,22+,23-,24+/m1/s1. The molecule has 4 atom stereocenters. The second kappa shape index (κ2) is 10.3. The zero-order valence-corrected chi connectivity index (χ0v) is 20.1. The second-order valence-electron chi connectivity index (χ2n) is 9.71. The number of fused-ring (bicyclic) bond motifs is 1. The van der Waals surface area contributed by atoms with Crippen LogP contribution < -0.4 is 10.6 Å². The van der Waals surface area contributed by atoms with Crippen molar-refractivity contribution in [3.8, 4) is 11.4 Å². The lowest BCUT2D eigenvalue weighted by molar-refractivity contribution is 0.0624. The molecule has 1 aromatic heterocycles. The first-order valence-electron chi connectivity index (χ1n) is 12.7. The van der Waals surface area contributed by atoms with Gasteiger partial charge >= 0.3 is 6.03 Å². The summed E-state index contributed by atoms with van der Waals surface area (Å²) in [4.78, 5) is 15.0. The molecule has 0 spiro atoms. The number of benzene rings is 2. The van der Waals surface area contributed by atoms with Crippen LogP contribution in [0.5, 0.6) is 0 Å². The van der Waals surface area contributed by atoms with Gasteiger partial charge in [0.2, 0.25) is 0 Å². The molecule has 3 aliphatic heterocycles. The summed E-state index contributed by atoms with van der Waals surface area (Å²) in [5.41, 5.74) is 3.28. The van der Waals surface area contributed by atoms with Crippen LogP contribution in [0.1, 0.15) is 30.0 Å². The summed E-state index contributed by atoms with van der Waals surface area (Å²) >= 11 is 0. The minimum Gasteiger partial charge on any atom is -0.371 e. The Labute approximate surface area is 210 Å². The number of hydrogen-bond donors (Lipinski definition) is 2. The lowest BCUT2D eigenvalue weighted by Crippen LogP contribution is -2.48. The molecule has 188 valence electrons. The van der Waals surface area contributed by atoms with E-state index >= 15 is 0 Å². The molecule has 4 heterocycles. The zero-order valence-electron chi connectivity index (χ0n) is 20.1. The molecular formula is C26H31N7O3. The molecule has 0 radical (unpaired) electrons. The van der Waals surface area contributed by atoms with Gasteiger partial charge < -0.3 is 20.1 Å². The highest BCUT2D eigenvalue weighted by atomic mass is 16.6. The third-order valence-electron chi connectivity index (χ3n) is 7.24. The molecule has 3 aliphatic rings. The van der Waals surface area contributed by atoms with E-state index in [0.29, 0.717) is 25.6 Å². The topological polar surface area (TPSA) is 106 Å². The molecule has 3 aromatic rings. The monoisotopic (exact) mass is 489 g/mol. The van der Waals surface area contributed by atoms with Gasteiger partial charge in [-0.05, 0) is 53.6 Å². The summed E-state index contributed by atoms with van der Waals surface area (Å²) in [6.07, 6.45) is 2.05. The highest BCUT2D eigenvalue weighted by Crippen LogP contribution is 2.35. The van der Waals surface area contributed by atoms with E-state index in [4.69, 9.17) is 9.47 Å². The van der Waals surface area contributed by atoms with Gasteiger partial charge in [-0.1, -0.05) is 48.5 Å². The number of urea groups is 1. The lowest BCUT2D eigenvalue weighted by atomic mass is 10.1. The van der Waals surface area contributed by atoms with Gasteiger partial charge in [0.05, 0.1) is 19.3 Å². The van der Waals surface area contributed by atoms with E-state index < -0.39 is 0 Å². The fourth-order valence-corrected chi connectivity index (χ4v) is 5.42. The molecule has 0 unspecified atom stereocenters. The third kappa shape index (κ3) is 4.84. The fraction of sp³-hybridized carbons (Fsp3) is 0.462. The van der Waals surface area contributed by atoms with E-state index in [0.717, 1.165) is 30.8 Å². The molecule has 10 nitrogen and oxygen atoms in total. The summed E-state index contributed by atoms with van der Waals surface area (Å²) in [6.45, 7) is 4.51. The molecule has 2 aromatic carbocycles. The SMILES string of the molecule is O=C(NCc1ccccc1)N[C@@H]1CO[C@@H]2[C@@H]1OC[C@@H]2n1nnnc1-c1cccc(CN2CCCC2)c1. The van der Waals surface area contributed by atoms with Crippen LogP contribution in [0.4, 0.5) is 4.79 Å².